The molecule has 4 nitrogen and oxygen atoms in total. The average Bonchev–Trinajstić information content (AvgIpc) is 2.70. The molecule has 0 radical (unpaired) electrons. The van der Waals surface area contributed by atoms with E-state index >= 15 is 0 Å². The summed E-state index contributed by atoms with van der Waals surface area (Å²) in [6.07, 6.45) is 2.86. The molecule has 4 N–H and O–H groups in total. The first kappa shape index (κ1) is 13.2. The quantitative estimate of drug-likeness (QED) is 0.659. The van der Waals surface area contributed by atoms with E-state index in [1.54, 1.807) is 12.1 Å². The van der Waals surface area contributed by atoms with Crippen LogP contribution in [0.3, 0.4) is 0 Å². The van der Waals surface area contributed by atoms with Gasteiger partial charge in [0.15, 0.2) is 0 Å². The zero-order valence-corrected chi connectivity index (χ0v) is 10.6. The van der Waals surface area contributed by atoms with E-state index in [9.17, 15) is 15.3 Å². The van der Waals surface area contributed by atoms with Gasteiger partial charge in [-0.3, -0.25) is 0 Å². The van der Waals surface area contributed by atoms with Crippen LogP contribution in [0.4, 0.5) is 0 Å². The summed E-state index contributed by atoms with van der Waals surface area (Å²) in [5.41, 5.74) is 0.847. The van der Waals surface area contributed by atoms with Crippen molar-refractivity contribution < 1.29 is 15.3 Å². The van der Waals surface area contributed by atoms with Crippen LogP contribution in [0.15, 0.2) is 18.2 Å². The predicted octanol–water partition coefficient (Wildman–Crippen LogP) is 1.91. The monoisotopic (exact) mass is 251 g/mol. The van der Waals surface area contributed by atoms with Gasteiger partial charge in [-0.25, -0.2) is 0 Å². The number of hydrogen-bond acceptors (Lipinski definition) is 4. The third kappa shape index (κ3) is 3.15. The van der Waals surface area contributed by atoms with Crippen molar-refractivity contribution in [1.82, 2.24) is 5.32 Å². The predicted molar refractivity (Wildman–Crippen MR) is 69.5 cm³/mol. The minimum absolute atomic E-state index is 0.0378. The Morgan fingerprint density at radius 1 is 1.22 bits per heavy atom. The molecule has 4 heteroatoms. The van der Waals surface area contributed by atoms with Gasteiger partial charge in [0.05, 0.1) is 6.10 Å². The van der Waals surface area contributed by atoms with E-state index in [1.165, 1.54) is 6.07 Å². The molecule has 1 aliphatic rings. The first-order valence-corrected chi connectivity index (χ1v) is 6.50. The fraction of sp³-hybridized carbons (Fsp3) is 0.571. The molecule has 0 aromatic heterocycles. The number of phenolic OH excluding ortho intramolecular Hbond substituents is 2. The highest BCUT2D eigenvalue weighted by atomic mass is 16.3. The lowest BCUT2D eigenvalue weighted by Crippen LogP contribution is -2.29. The van der Waals surface area contributed by atoms with Gasteiger partial charge in [0.1, 0.15) is 11.5 Å². The molecular formula is C14H21NO3. The third-order valence-electron chi connectivity index (χ3n) is 3.73. The normalized spacial score (nSPS) is 25.2. The van der Waals surface area contributed by atoms with Crippen molar-refractivity contribution in [3.63, 3.8) is 0 Å². The van der Waals surface area contributed by atoms with Gasteiger partial charge in [-0.05, 0) is 43.4 Å². The fourth-order valence-corrected chi connectivity index (χ4v) is 2.57. The molecule has 1 aromatic carbocycles. The smallest absolute Gasteiger partial charge is 0.119 e. The molecule has 0 heterocycles. The molecule has 100 valence electrons. The van der Waals surface area contributed by atoms with E-state index < -0.39 is 0 Å². The van der Waals surface area contributed by atoms with Crippen LogP contribution in [0.1, 0.15) is 37.8 Å². The third-order valence-corrected chi connectivity index (χ3v) is 3.73. The second-order valence-electron chi connectivity index (χ2n) is 5.17. The molecular weight excluding hydrogens is 230 g/mol. The standard InChI is InChI=1S/C14H21NO3/c1-9(11-5-12(16)7-13(17)6-11)15-8-10-3-2-4-14(10)18/h5-7,9-10,14-18H,2-4,8H2,1H3. The lowest BCUT2D eigenvalue weighted by Gasteiger charge is -2.20. The molecule has 3 atom stereocenters. The lowest BCUT2D eigenvalue weighted by molar-refractivity contribution is 0.130. The van der Waals surface area contributed by atoms with Gasteiger partial charge in [0, 0.05) is 18.7 Å². The van der Waals surface area contributed by atoms with E-state index in [0.29, 0.717) is 5.92 Å². The second-order valence-corrected chi connectivity index (χ2v) is 5.17. The molecule has 18 heavy (non-hydrogen) atoms. The Morgan fingerprint density at radius 3 is 2.44 bits per heavy atom. The van der Waals surface area contributed by atoms with Gasteiger partial charge >= 0.3 is 0 Å². The van der Waals surface area contributed by atoms with E-state index in [-0.39, 0.29) is 23.6 Å². The highest BCUT2D eigenvalue weighted by Gasteiger charge is 2.25. The molecule has 1 aromatic rings. The molecule has 3 unspecified atom stereocenters. The van der Waals surface area contributed by atoms with Gasteiger partial charge in [0.25, 0.3) is 0 Å². The largest absolute Gasteiger partial charge is 0.508 e. The van der Waals surface area contributed by atoms with Gasteiger partial charge in [-0.2, -0.15) is 0 Å². The summed E-state index contributed by atoms with van der Waals surface area (Å²) in [6, 6.07) is 4.64. The maximum absolute atomic E-state index is 9.74. The van der Waals surface area contributed by atoms with Crippen molar-refractivity contribution in [3.05, 3.63) is 23.8 Å². The van der Waals surface area contributed by atoms with Crippen molar-refractivity contribution >= 4 is 0 Å². The van der Waals surface area contributed by atoms with E-state index in [1.807, 2.05) is 6.92 Å². The minimum atomic E-state index is -0.192. The Kier molecular flexibility index (Phi) is 4.09. The number of benzene rings is 1. The van der Waals surface area contributed by atoms with Crippen LogP contribution < -0.4 is 5.32 Å². The van der Waals surface area contributed by atoms with Crippen molar-refractivity contribution in [2.75, 3.05) is 6.54 Å². The molecule has 1 saturated carbocycles. The van der Waals surface area contributed by atoms with Crippen molar-refractivity contribution in [1.29, 1.82) is 0 Å². The molecule has 0 amide bonds. The number of hydrogen-bond donors (Lipinski definition) is 4. The maximum Gasteiger partial charge on any atom is 0.119 e. The van der Waals surface area contributed by atoms with E-state index in [4.69, 9.17) is 0 Å². The number of aliphatic hydroxyl groups excluding tert-OH is 1. The van der Waals surface area contributed by atoms with Crippen LogP contribution in [-0.4, -0.2) is 28.0 Å². The van der Waals surface area contributed by atoms with Gasteiger partial charge < -0.3 is 20.6 Å². The van der Waals surface area contributed by atoms with Gasteiger partial charge in [-0.15, -0.1) is 0 Å². The van der Waals surface area contributed by atoms with Crippen LogP contribution in [0.25, 0.3) is 0 Å². The van der Waals surface area contributed by atoms with Gasteiger partial charge in [0.2, 0.25) is 0 Å². The molecule has 1 aliphatic carbocycles. The topological polar surface area (TPSA) is 72.7 Å². The number of aromatic hydroxyl groups is 2. The first-order valence-electron chi connectivity index (χ1n) is 6.50. The highest BCUT2D eigenvalue weighted by Crippen LogP contribution is 2.27. The van der Waals surface area contributed by atoms with Crippen LogP contribution >= 0.6 is 0 Å². The molecule has 0 bridgehead atoms. The number of rotatable bonds is 4. The zero-order chi connectivity index (χ0) is 13.1. The summed E-state index contributed by atoms with van der Waals surface area (Å²) in [5, 5.41) is 32.0. The van der Waals surface area contributed by atoms with Crippen molar-refractivity contribution in [2.45, 2.75) is 38.3 Å². The summed E-state index contributed by atoms with van der Waals surface area (Å²) in [7, 11) is 0. The Bertz CT molecular complexity index is 388. The maximum atomic E-state index is 9.74. The second kappa shape index (κ2) is 5.59. The molecule has 2 rings (SSSR count). The summed E-state index contributed by atoms with van der Waals surface area (Å²) in [4.78, 5) is 0. The minimum Gasteiger partial charge on any atom is -0.508 e. The van der Waals surface area contributed by atoms with Crippen LogP contribution in [0.2, 0.25) is 0 Å². The molecule has 0 aliphatic heterocycles. The van der Waals surface area contributed by atoms with Crippen molar-refractivity contribution in [3.8, 4) is 11.5 Å². The van der Waals surface area contributed by atoms with E-state index in [0.717, 1.165) is 31.4 Å². The Morgan fingerprint density at radius 2 is 1.89 bits per heavy atom. The number of phenols is 2. The fourth-order valence-electron chi connectivity index (χ4n) is 2.57. The Balaban J connectivity index is 1.92. The Hall–Kier alpha value is -1.26. The molecule has 0 saturated heterocycles. The summed E-state index contributed by atoms with van der Waals surface area (Å²) in [5.74, 6) is 0.456. The number of aliphatic hydroxyl groups is 1. The number of nitrogens with one attached hydrogen (secondary N) is 1. The SMILES string of the molecule is CC(NCC1CCCC1O)c1cc(O)cc(O)c1. The van der Waals surface area contributed by atoms with E-state index in [2.05, 4.69) is 5.32 Å². The molecule has 0 spiro atoms. The zero-order valence-electron chi connectivity index (χ0n) is 10.6. The van der Waals surface area contributed by atoms with Crippen LogP contribution in [0.5, 0.6) is 11.5 Å². The summed E-state index contributed by atoms with van der Waals surface area (Å²) in [6.45, 7) is 2.74. The van der Waals surface area contributed by atoms with Crippen LogP contribution in [-0.2, 0) is 0 Å². The van der Waals surface area contributed by atoms with Crippen molar-refractivity contribution in [2.24, 2.45) is 5.92 Å². The van der Waals surface area contributed by atoms with Crippen LogP contribution in [0, 0.1) is 5.92 Å². The first-order chi connectivity index (χ1) is 8.56. The Labute approximate surface area is 107 Å². The average molecular weight is 251 g/mol. The summed E-state index contributed by atoms with van der Waals surface area (Å²) >= 11 is 0. The summed E-state index contributed by atoms with van der Waals surface area (Å²) < 4.78 is 0. The highest BCUT2D eigenvalue weighted by molar-refractivity contribution is 5.37. The molecule has 1 fully saturated rings. The lowest BCUT2D eigenvalue weighted by atomic mass is 10.0. The van der Waals surface area contributed by atoms with Gasteiger partial charge in [-0.1, -0.05) is 6.42 Å².